The van der Waals surface area contributed by atoms with Crippen LogP contribution >= 0.6 is 0 Å². The van der Waals surface area contributed by atoms with E-state index >= 15 is 0 Å². The monoisotopic (exact) mass is 248 g/mol. The zero-order valence-electron chi connectivity index (χ0n) is 11.8. The van der Waals surface area contributed by atoms with Gasteiger partial charge in [-0.05, 0) is 37.8 Å². The molecule has 3 N–H and O–H groups in total. The first-order chi connectivity index (χ1) is 8.40. The maximum Gasteiger partial charge on any atom is 0.251 e. The van der Waals surface area contributed by atoms with Crippen molar-refractivity contribution >= 4 is 5.91 Å². The number of aryl methyl sites for hydroxylation is 2. The second-order valence-electron chi connectivity index (χ2n) is 5.42. The highest BCUT2D eigenvalue weighted by Crippen LogP contribution is 2.10. The molecule has 18 heavy (non-hydrogen) atoms. The van der Waals surface area contributed by atoms with Crippen molar-refractivity contribution in [3.63, 3.8) is 0 Å². The number of amides is 1. The SMILES string of the molecule is Cc1ccc(C(=O)NCC(N)CC(C)C)c(C)c1. The van der Waals surface area contributed by atoms with Gasteiger partial charge < -0.3 is 11.1 Å². The third-order valence-corrected chi connectivity index (χ3v) is 2.93. The van der Waals surface area contributed by atoms with Crippen LogP contribution in [0.3, 0.4) is 0 Å². The van der Waals surface area contributed by atoms with Gasteiger partial charge in [0.15, 0.2) is 0 Å². The molecule has 0 radical (unpaired) electrons. The fourth-order valence-electron chi connectivity index (χ4n) is 2.08. The number of hydrogen-bond acceptors (Lipinski definition) is 2. The fraction of sp³-hybridized carbons (Fsp3) is 0.533. The number of carbonyl (C=O) groups excluding carboxylic acids is 1. The van der Waals surface area contributed by atoms with Gasteiger partial charge in [-0.3, -0.25) is 4.79 Å². The molecule has 0 fully saturated rings. The maximum absolute atomic E-state index is 12.0. The summed E-state index contributed by atoms with van der Waals surface area (Å²) in [5.74, 6) is 0.518. The highest BCUT2D eigenvalue weighted by Gasteiger charge is 2.11. The van der Waals surface area contributed by atoms with E-state index in [0.29, 0.717) is 12.5 Å². The first-order valence-electron chi connectivity index (χ1n) is 6.51. The van der Waals surface area contributed by atoms with Crippen LogP contribution in [0.1, 0.15) is 41.8 Å². The summed E-state index contributed by atoms with van der Waals surface area (Å²) in [5, 5.41) is 2.90. The van der Waals surface area contributed by atoms with Crippen LogP contribution in [0, 0.1) is 19.8 Å². The Balaban J connectivity index is 2.55. The van der Waals surface area contributed by atoms with E-state index in [-0.39, 0.29) is 11.9 Å². The van der Waals surface area contributed by atoms with Gasteiger partial charge in [-0.15, -0.1) is 0 Å². The van der Waals surface area contributed by atoms with E-state index in [9.17, 15) is 4.79 Å². The molecule has 0 saturated carbocycles. The second kappa shape index (κ2) is 6.55. The van der Waals surface area contributed by atoms with Crippen molar-refractivity contribution in [2.24, 2.45) is 11.7 Å². The van der Waals surface area contributed by atoms with E-state index < -0.39 is 0 Å². The number of carbonyl (C=O) groups is 1. The molecule has 3 nitrogen and oxygen atoms in total. The van der Waals surface area contributed by atoms with Gasteiger partial charge >= 0.3 is 0 Å². The third kappa shape index (κ3) is 4.49. The lowest BCUT2D eigenvalue weighted by molar-refractivity contribution is 0.0949. The van der Waals surface area contributed by atoms with Crippen molar-refractivity contribution in [2.45, 2.75) is 40.2 Å². The van der Waals surface area contributed by atoms with E-state index in [4.69, 9.17) is 5.73 Å². The summed E-state index contributed by atoms with van der Waals surface area (Å²) in [4.78, 5) is 12.0. The minimum Gasteiger partial charge on any atom is -0.350 e. The lowest BCUT2D eigenvalue weighted by atomic mass is 10.0. The summed E-state index contributed by atoms with van der Waals surface area (Å²) in [7, 11) is 0. The first-order valence-corrected chi connectivity index (χ1v) is 6.51. The molecule has 0 saturated heterocycles. The molecule has 1 aromatic rings. The number of hydrogen-bond donors (Lipinski definition) is 2. The summed E-state index contributed by atoms with van der Waals surface area (Å²) >= 11 is 0. The summed E-state index contributed by atoms with van der Waals surface area (Å²) in [6.07, 6.45) is 0.924. The Labute approximate surface area is 110 Å². The minimum atomic E-state index is -0.0355. The summed E-state index contributed by atoms with van der Waals surface area (Å²) in [5.41, 5.74) is 8.85. The molecule has 0 spiro atoms. The van der Waals surface area contributed by atoms with Crippen LogP contribution in [-0.4, -0.2) is 18.5 Å². The number of nitrogens with two attached hydrogens (primary N) is 1. The second-order valence-corrected chi connectivity index (χ2v) is 5.42. The molecule has 1 atom stereocenters. The average Bonchev–Trinajstić information content (AvgIpc) is 2.25. The van der Waals surface area contributed by atoms with Crippen LogP contribution in [0.5, 0.6) is 0 Å². The summed E-state index contributed by atoms with van der Waals surface area (Å²) in [6, 6.07) is 5.87. The molecule has 1 amide bonds. The predicted octanol–water partition coefficient (Wildman–Crippen LogP) is 2.41. The zero-order chi connectivity index (χ0) is 13.7. The van der Waals surface area contributed by atoms with Crippen molar-refractivity contribution in [1.82, 2.24) is 5.32 Å². The van der Waals surface area contributed by atoms with Gasteiger partial charge in [0, 0.05) is 18.2 Å². The van der Waals surface area contributed by atoms with Gasteiger partial charge in [-0.25, -0.2) is 0 Å². The van der Waals surface area contributed by atoms with Crippen molar-refractivity contribution in [3.8, 4) is 0 Å². The first kappa shape index (κ1) is 14.7. The fourth-order valence-corrected chi connectivity index (χ4v) is 2.08. The molecule has 0 aliphatic heterocycles. The van der Waals surface area contributed by atoms with Gasteiger partial charge in [0.25, 0.3) is 5.91 Å². The number of rotatable bonds is 5. The lowest BCUT2D eigenvalue weighted by Crippen LogP contribution is -2.38. The molecule has 1 unspecified atom stereocenters. The van der Waals surface area contributed by atoms with E-state index in [1.54, 1.807) is 0 Å². The molecule has 0 bridgehead atoms. The van der Waals surface area contributed by atoms with E-state index in [1.165, 1.54) is 5.56 Å². The molecule has 0 aliphatic rings. The average molecular weight is 248 g/mol. The quantitative estimate of drug-likeness (QED) is 0.840. The summed E-state index contributed by atoms with van der Waals surface area (Å²) in [6.45, 7) is 8.77. The topological polar surface area (TPSA) is 55.1 Å². The number of benzene rings is 1. The number of nitrogens with one attached hydrogen (secondary N) is 1. The van der Waals surface area contributed by atoms with Gasteiger partial charge in [0.05, 0.1) is 0 Å². The van der Waals surface area contributed by atoms with Crippen LogP contribution < -0.4 is 11.1 Å². The van der Waals surface area contributed by atoms with E-state index in [0.717, 1.165) is 17.5 Å². The van der Waals surface area contributed by atoms with Crippen LogP contribution in [0.2, 0.25) is 0 Å². The highest BCUT2D eigenvalue weighted by molar-refractivity contribution is 5.95. The smallest absolute Gasteiger partial charge is 0.251 e. The predicted molar refractivity (Wildman–Crippen MR) is 75.7 cm³/mol. The van der Waals surface area contributed by atoms with Crippen LogP contribution in [0.15, 0.2) is 18.2 Å². The van der Waals surface area contributed by atoms with E-state index in [1.807, 2.05) is 32.0 Å². The Bertz CT molecular complexity index is 413. The molecule has 0 aromatic heterocycles. The Kier molecular flexibility index (Phi) is 5.35. The maximum atomic E-state index is 12.0. The molecule has 0 aliphatic carbocycles. The Morgan fingerprint density at radius 3 is 2.56 bits per heavy atom. The minimum absolute atomic E-state index is 0.0275. The Morgan fingerprint density at radius 1 is 1.33 bits per heavy atom. The molecule has 1 rings (SSSR count). The molecule has 0 heterocycles. The summed E-state index contributed by atoms with van der Waals surface area (Å²) < 4.78 is 0. The van der Waals surface area contributed by atoms with Gasteiger partial charge in [-0.1, -0.05) is 31.5 Å². The molecular weight excluding hydrogens is 224 g/mol. The van der Waals surface area contributed by atoms with Crippen LogP contribution in [0.4, 0.5) is 0 Å². The largest absolute Gasteiger partial charge is 0.350 e. The normalized spacial score (nSPS) is 12.6. The van der Waals surface area contributed by atoms with Crippen molar-refractivity contribution < 1.29 is 4.79 Å². The lowest BCUT2D eigenvalue weighted by Gasteiger charge is -2.15. The van der Waals surface area contributed by atoms with Crippen molar-refractivity contribution in [2.75, 3.05) is 6.54 Å². The van der Waals surface area contributed by atoms with Crippen molar-refractivity contribution in [3.05, 3.63) is 34.9 Å². The Hall–Kier alpha value is -1.35. The van der Waals surface area contributed by atoms with Gasteiger partial charge in [-0.2, -0.15) is 0 Å². The van der Waals surface area contributed by atoms with Crippen LogP contribution in [0.25, 0.3) is 0 Å². The highest BCUT2D eigenvalue weighted by atomic mass is 16.1. The molecular formula is C15H24N2O. The van der Waals surface area contributed by atoms with E-state index in [2.05, 4.69) is 19.2 Å². The molecule has 3 heteroatoms. The Morgan fingerprint density at radius 2 is 2.00 bits per heavy atom. The van der Waals surface area contributed by atoms with Gasteiger partial charge in [0.1, 0.15) is 0 Å². The van der Waals surface area contributed by atoms with Gasteiger partial charge in [0.2, 0.25) is 0 Å². The standard InChI is InChI=1S/C15H24N2O/c1-10(2)7-13(16)9-17-15(18)14-6-5-11(3)8-12(14)4/h5-6,8,10,13H,7,9,16H2,1-4H3,(H,17,18). The van der Waals surface area contributed by atoms with Crippen molar-refractivity contribution in [1.29, 1.82) is 0 Å². The molecule has 1 aromatic carbocycles. The van der Waals surface area contributed by atoms with Crippen LogP contribution in [-0.2, 0) is 0 Å². The third-order valence-electron chi connectivity index (χ3n) is 2.93. The zero-order valence-corrected chi connectivity index (χ0v) is 11.8. The molecule has 100 valence electrons.